The van der Waals surface area contributed by atoms with E-state index in [1.807, 2.05) is 39.0 Å². The summed E-state index contributed by atoms with van der Waals surface area (Å²) in [5, 5.41) is 16.8. The van der Waals surface area contributed by atoms with Crippen LogP contribution in [0.4, 0.5) is 10.5 Å². The van der Waals surface area contributed by atoms with E-state index in [4.69, 9.17) is 4.52 Å². The first-order valence-corrected chi connectivity index (χ1v) is 8.45. The molecule has 1 heterocycles. The Bertz CT molecular complexity index is 734. The van der Waals surface area contributed by atoms with Crippen LogP contribution in [0.15, 0.2) is 22.7 Å². The van der Waals surface area contributed by atoms with Crippen molar-refractivity contribution in [3.05, 3.63) is 29.6 Å². The highest BCUT2D eigenvalue weighted by Gasteiger charge is 2.22. The minimum absolute atomic E-state index is 0.248. The molecule has 2 amide bonds. The Labute approximate surface area is 148 Å². The molecule has 0 saturated carbocycles. The third kappa shape index (κ3) is 5.03. The van der Waals surface area contributed by atoms with Gasteiger partial charge in [-0.25, -0.2) is 4.79 Å². The maximum atomic E-state index is 12.5. The van der Waals surface area contributed by atoms with Crippen molar-refractivity contribution in [2.24, 2.45) is 0 Å². The molecule has 7 nitrogen and oxygen atoms in total. The van der Waals surface area contributed by atoms with E-state index in [0.717, 1.165) is 11.1 Å². The first-order chi connectivity index (χ1) is 11.7. The molecule has 0 atom stereocenters. The van der Waals surface area contributed by atoms with Crippen molar-refractivity contribution in [3.63, 3.8) is 0 Å². The molecule has 2 rings (SSSR count). The molecule has 0 bridgehead atoms. The molecule has 7 heteroatoms. The highest BCUT2D eigenvalue weighted by molar-refractivity contribution is 5.91. The summed E-state index contributed by atoms with van der Waals surface area (Å²) in [5.41, 5.74) is 1.39. The Morgan fingerprint density at radius 1 is 1.36 bits per heavy atom. The lowest BCUT2D eigenvalue weighted by Crippen LogP contribution is -2.44. The maximum Gasteiger partial charge on any atom is 0.321 e. The smallest absolute Gasteiger partial charge is 0.321 e. The van der Waals surface area contributed by atoms with Gasteiger partial charge in [-0.2, -0.15) is 4.98 Å². The number of nitrogens with one attached hydrogen (secondary N) is 1. The lowest BCUT2D eigenvalue weighted by molar-refractivity contribution is 0.0501. The van der Waals surface area contributed by atoms with Gasteiger partial charge in [0.15, 0.2) is 5.82 Å². The van der Waals surface area contributed by atoms with Crippen molar-refractivity contribution in [2.75, 3.05) is 18.4 Å². The fourth-order valence-corrected chi connectivity index (χ4v) is 2.39. The van der Waals surface area contributed by atoms with Crippen LogP contribution < -0.4 is 5.32 Å². The molecule has 0 fully saturated rings. The zero-order chi connectivity index (χ0) is 18.6. The number of aryl methyl sites for hydroxylation is 2. The summed E-state index contributed by atoms with van der Waals surface area (Å²) in [4.78, 5) is 18.4. The second-order valence-corrected chi connectivity index (χ2v) is 6.66. The zero-order valence-electron chi connectivity index (χ0n) is 15.5. The molecule has 0 saturated heterocycles. The molecule has 0 aliphatic heterocycles. The number of carbonyl (C=O) groups is 1. The SMILES string of the molecule is CCc1noc(-c2ccc(C)c(NC(=O)N(CC)CC(C)(C)O)c2)n1. The topological polar surface area (TPSA) is 91.5 Å². The summed E-state index contributed by atoms with van der Waals surface area (Å²) in [5.74, 6) is 1.07. The molecular formula is C18H26N4O3. The van der Waals surface area contributed by atoms with Crippen LogP contribution in [0.2, 0.25) is 0 Å². The first-order valence-electron chi connectivity index (χ1n) is 8.45. The molecule has 0 spiro atoms. The molecular weight excluding hydrogens is 320 g/mol. The zero-order valence-corrected chi connectivity index (χ0v) is 15.5. The molecule has 2 N–H and O–H groups in total. The molecule has 0 radical (unpaired) electrons. The van der Waals surface area contributed by atoms with Gasteiger partial charge in [0, 0.05) is 24.2 Å². The molecule has 0 unspecified atom stereocenters. The van der Waals surface area contributed by atoms with Crippen LogP contribution in [0, 0.1) is 6.92 Å². The Morgan fingerprint density at radius 2 is 2.08 bits per heavy atom. The number of carbonyl (C=O) groups excluding carboxylic acids is 1. The van der Waals surface area contributed by atoms with Gasteiger partial charge >= 0.3 is 6.03 Å². The minimum atomic E-state index is -0.954. The van der Waals surface area contributed by atoms with Crippen molar-refractivity contribution in [2.45, 2.75) is 46.6 Å². The summed E-state index contributed by atoms with van der Waals surface area (Å²) >= 11 is 0. The normalized spacial score (nSPS) is 11.4. The number of anilines is 1. The predicted octanol–water partition coefficient (Wildman–Crippen LogP) is 3.23. The van der Waals surface area contributed by atoms with Gasteiger partial charge in [0.1, 0.15) is 0 Å². The molecule has 1 aromatic carbocycles. The molecule has 1 aromatic heterocycles. The Balaban J connectivity index is 2.21. The van der Waals surface area contributed by atoms with Crippen LogP contribution in [-0.4, -0.2) is 44.9 Å². The fourth-order valence-electron chi connectivity index (χ4n) is 2.39. The van der Waals surface area contributed by atoms with Crippen molar-refractivity contribution in [1.29, 1.82) is 0 Å². The largest absolute Gasteiger partial charge is 0.389 e. The van der Waals surface area contributed by atoms with Gasteiger partial charge < -0.3 is 19.8 Å². The van der Waals surface area contributed by atoms with Gasteiger partial charge in [-0.3, -0.25) is 0 Å². The number of nitrogens with zero attached hydrogens (tertiary/aromatic N) is 3. The number of benzene rings is 1. The summed E-state index contributed by atoms with van der Waals surface area (Å²) in [6, 6.07) is 5.34. The lowest BCUT2D eigenvalue weighted by Gasteiger charge is -2.28. The van der Waals surface area contributed by atoms with Gasteiger partial charge in [0.05, 0.1) is 12.1 Å². The second-order valence-electron chi connectivity index (χ2n) is 6.66. The average molecular weight is 346 g/mol. The Hall–Kier alpha value is -2.41. The van der Waals surface area contributed by atoms with Gasteiger partial charge in [-0.15, -0.1) is 0 Å². The molecule has 0 aliphatic carbocycles. The molecule has 136 valence electrons. The molecule has 25 heavy (non-hydrogen) atoms. The fraction of sp³-hybridized carbons (Fsp3) is 0.500. The first kappa shape index (κ1) is 18.9. The van der Waals surface area contributed by atoms with Gasteiger partial charge in [-0.1, -0.05) is 18.1 Å². The molecule has 0 aliphatic rings. The summed E-state index contributed by atoms with van der Waals surface area (Å²) < 4.78 is 5.26. The van der Waals surface area contributed by atoms with Gasteiger partial charge in [-0.05, 0) is 45.4 Å². The van der Waals surface area contributed by atoms with Crippen molar-refractivity contribution in [3.8, 4) is 11.5 Å². The average Bonchev–Trinajstić information content (AvgIpc) is 3.02. The van der Waals surface area contributed by atoms with Crippen LogP contribution in [0.1, 0.15) is 39.1 Å². The quantitative estimate of drug-likeness (QED) is 0.838. The molecule has 2 aromatic rings. The standard InChI is InChI=1S/C18H26N4O3/c1-6-15-20-16(25-21-15)13-9-8-12(3)14(10-13)19-17(23)22(7-2)11-18(4,5)24/h8-10,24H,6-7,11H2,1-5H3,(H,19,23). The number of urea groups is 1. The number of hydrogen-bond donors (Lipinski definition) is 2. The van der Waals surface area contributed by atoms with Gasteiger partial charge in [0.25, 0.3) is 5.89 Å². The van der Waals surface area contributed by atoms with E-state index in [1.165, 1.54) is 0 Å². The lowest BCUT2D eigenvalue weighted by atomic mass is 10.1. The van der Waals surface area contributed by atoms with E-state index in [2.05, 4.69) is 15.5 Å². The maximum absolute atomic E-state index is 12.5. The summed E-state index contributed by atoms with van der Waals surface area (Å²) in [6.45, 7) is 9.84. The number of aliphatic hydroxyl groups is 1. The highest BCUT2D eigenvalue weighted by Crippen LogP contribution is 2.25. The van der Waals surface area contributed by atoms with E-state index >= 15 is 0 Å². The number of hydrogen-bond acceptors (Lipinski definition) is 5. The predicted molar refractivity (Wildman–Crippen MR) is 96.4 cm³/mol. The summed E-state index contributed by atoms with van der Waals surface area (Å²) in [6.07, 6.45) is 0.696. The summed E-state index contributed by atoms with van der Waals surface area (Å²) in [7, 11) is 0. The van der Waals surface area contributed by atoms with Crippen LogP contribution in [-0.2, 0) is 6.42 Å². The minimum Gasteiger partial charge on any atom is -0.389 e. The Morgan fingerprint density at radius 3 is 2.64 bits per heavy atom. The van der Waals surface area contributed by atoms with Crippen LogP contribution in [0.25, 0.3) is 11.5 Å². The van der Waals surface area contributed by atoms with E-state index in [1.54, 1.807) is 18.7 Å². The third-order valence-corrected chi connectivity index (χ3v) is 3.76. The van der Waals surface area contributed by atoms with Gasteiger partial charge in [0.2, 0.25) is 0 Å². The number of likely N-dealkylation sites (N-methyl/N-ethyl adjacent to an activating group) is 1. The highest BCUT2D eigenvalue weighted by atomic mass is 16.5. The van der Waals surface area contributed by atoms with Crippen LogP contribution >= 0.6 is 0 Å². The number of amides is 2. The van der Waals surface area contributed by atoms with Crippen molar-refractivity contribution < 1.29 is 14.4 Å². The van der Waals surface area contributed by atoms with Crippen molar-refractivity contribution >= 4 is 11.7 Å². The van der Waals surface area contributed by atoms with E-state index in [-0.39, 0.29) is 12.6 Å². The second kappa shape index (κ2) is 7.65. The van der Waals surface area contributed by atoms with E-state index in [9.17, 15) is 9.90 Å². The van der Waals surface area contributed by atoms with Crippen molar-refractivity contribution in [1.82, 2.24) is 15.0 Å². The van der Waals surface area contributed by atoms with E-state index in [0.29, 0.717) is 30.4 Å². The van der Waals surface area contributed by atoms with E-state index < -0.39 is 5.60 Å². The number of rotatable bonds is 6. The third-order valence-electron chi connectivity index (χ3n) is 3.76. The monoisotopic (exact) mass is 346 g/mol. The van der Waals surface area contributed by atoms with Crippen LogP contribution in [0.3, 0.4) is 0 Å². The number of aromatic nitrogens is 2. The Kier molecular flexibility index (Phi) is 5.79. The van der Waals surface area contributed by atoms with Crippen LogP contribution in [0.5, 0.6) is 0 Å².